The van der Waals surface area contributed by atoms with E-state index in [1.165, 1.54) is 6.42 Å². The van der Waals surface area contributed by atoms with Crippen molar-refractivity contribution in [3.63, 3.8) is 0 Å². The third-order valence-corrected chi connectivity index (χ3v) is 4.18. The van der Waals surface area contributed by atoms with Gasteiger partial charge in [0.05, 0.1) is 5.75 Å². The van der Waals surface area contributed by atoms with Crippen LogP contribution in [0.2, 0.25) is 0 Å². The summed E-state index contributed by atoms with van der Waals surface area (Å²) in [5.74, 6) is 0.633. The van der Waals surface area contributed by atoms with Crippen LogP contribution in [0.5, 0.6) is 0 Å². The van der Waals surface area contributed by atoms with Crippen molar-refractivity contribution < 1.29 is 8.42 Å². The Kier molecular flexibility index (Phi) is 2.95. The lowest BCUT2D eigenvalue weighted by Crippen LogP contribution is -2.26. The summed E-state index contributed by atoms with van der Waals surface area (Å²) in [6.07, 6.45) is 3.27. The zero-order chi connectivity index (χ0) is 10.7. The van der Waals surface area contributed by atoms with Crippen molar-refractivity contribution in [2.75, 3.05) is 10.5 Å². The van der Waals surface area contributed by atoms with Crippen LogP contribution in [0.4, 0.5) is 5.69 Å². The summed E-state index contributed by atoms with van der Waals surface area (Å²) >= 11 is 0. The molecular formula is C11H15NO2S. The zero-order valence-electron chi connectivity index (χ0n) is 8.52. The Bertz CT molecular complexity index is 409. The van der Waals surface area contributed by atoms with Crippen LogP contribution in [0.15, 0.2) is 30.3 Å². The van der Waals surface area contributed by atoms with E-state index in [9.17, 15) is 8.42 Å². The van der Waals surface area contributed by atoms with Gasteiger partial charge < -0.3 is 0 Å². The van der Waals surface area contributed by atoms with Gasteiger partial charge in [0.15, 0.2) is 0 Å². The minimum Gasteiger partial charge on any atom is -0.284 e. The molecule has 1 aromatic rings. The second-order valence-electron chi connectivity index (χ2n) is 4.05. The summed E-state index contributed by atoms with van der Waals surface area (Å²) < 4.78 is 26.0. The monoisotopic (exact) mass is 225 g/mol. The normalized spacial score (nSPS) is 17.1. The van der Waals surface area contributed by atoms with Crippen LogP contribution < -0.4 is 4.72 Å². The second-order valence-corrected chi connectivity index (χ2v) is 5.81. The van der Waals surface area contributed by atoms with Crippen LogP contribution in [0.25, 0.3) is 0 Å². The van der Waals surface area contributed by atoms with E-state index in [0.717, 1.165) is 12.8 Å². The average molecular weight is 225 g/mol. The molecule has 1 N–H and O–H groups in total. The third kappa shape index (κ3) is 2.96. The van der Waals surface area contributed by atoms with Crippen molar-refractivity contribution >= 4 is 15.7 Å². The summed E-state index contributed by atoms with van der Waals surface area (Å²) in [7, 11) is -3.14. The number of rotatable bonds is 4. The number of sulfonamides is 1. The Morgan fingerprint density at radius 3 is 2.40 bits per heavy atom. The van der Waals surface area contributed by atoms with Gasteiger partial charge in [0.25, 0.3) is 0 Å². The van der Waals surface area contributed by atoms with Crippen molar-refractivity contribution in [1.82, 2.24) is 0 Å². The van der Waals surface area contributed by atoms with Crippen molar-refractivity contribution in [1.29, 1.82) is 0 Å². The lowest BCUT2D eigenvalue weighted by Gasteiger charge is -2.24. The maximum Gasteiger partial charge on any atom is 0.232 e. The third-order valence-electron chi connectivity index (χ3n) is 2.73. The van der Waals surface area contributed by atoms with Crippen LogP contribution in [-0.2, 0) is 10.0 Å². The van der Waals surface area contributed by atoms with Crippen molar-refractivity contribution in [3.8, 4) is 0 Å². The number of para-hydroxylation sites is 1. The molecule has 1 fully saturated rings. The molecule has 0 saturated heterocycles. The fraction of sp³-hybridized carbons (Fsp3) is 0.455. The highest BCUT2D eigenvalue weighted by Gasteiger charge is 2.24. The van der Waals surface area contributed by atoms with Crippen molar-refractivity contribution in [3.05, 3.63) is 30.3 Å². The highest BCUT2D eigenvalue weighted by Crippen LogP contribution is 2.27. The second kappa shape index (κ2) is 4.23. The van der Waals surface area contributed by atoms with E-state index in [1.807, 2.05) is 18.2 Å². The molecule has 0 unspecified atom stereocenters. The van der Waals surface area contributed by atoms with E-state index in [2.05, 4.69) is 4.72 Å². The molecule has 0 bridgehead atoms. The number of hydrogen-bond donors (Lipinski definition) is 1. The molecule has 15 heavy (non-hydrogen) atoms. The van der Waals surface area contributed by atoms with E-state index in [-0.39, 0.29) is 5.75 Å². The van der Waals surface area contributed by atoms with Crippen molar-refractivity contribution in [2.24, 2.45) is 5.92 Å². The van der Waals surface area contributed by atoms with Crippen LogP contribution in [0.3, 0.4) is 0 Å². The predicted molar refractivity (Wildman–Crippen MR) is 61.2 cm³/mol. The molecule has 1 aromatic carbocycles. The largest absolute Gasteiger partial charge is 0.284 e. The molecule has 0 atom stereocenters. The molecule has 0 aromatic heterocycles. The van der Waals surface area contributed by atoms with Crippen molar-refractivity contribution in [2.45, 2.75) is 19.3 Å². The maximum atomic E-state index is 11.7. The van der Waals surface area contributed by atoms with Gasteiger partial charge in [0.2, 0.25) is 10.0 Å². The number of nitrogens with one attached hydrogen (secondary N) is 1. The van der Waals surface area contributed by atoms with Gasteiger partial charge in [0.1, 0.15) is 0 Å². The van der Waals surface area contributed by atoms with Crippen LogP contribution in [0.1, 0.15) is 19.3 Å². The standard InChI is InChI=1S/C11H15NO2S/c13-15(14,9-10-5-4-6-10)12-11-7-2-1-3-8-11/h1-3,7-8,10,12H,4-6,9H2. The lowest BCUT2D eigenvalue weighted by atomic mass is 9.87. The van der Waals surface area contributed by atoms with Gasteiger partial charge in [-0.15, -0.1) is 0 Å². The van der Waals surface area contributed by atoms with E-state index in [0.29, 0.717) is 11.6 Å². The Balaban J connectivity index is 1.98. The van der Waals surface area contributed by atoms with E-state index in [4.69, 9.17) is 0 Å². The Morgan fingerprint density at radius 1 is 1.20 bits per heavy atom. The minimum atomic E-state index is -3.14. The predicted octanol–water partition coefficient (Wildman–Crippen LogP) is 2.23. The van der Waals surface area contributed by atoms with E-state index in [1.54, 1.807) is 12.1 Å². The number of hydrogen-bond acceptors (Lipinski definition) is 2. The fourth-order valence-electron chi connectivity index (χ4n) is 1.70. The smallest absolute Gasteiger partial charge is 0.232 e. The highest BCUT2D eigenvalue weighted by molar-refractivity contribution is 7.92. The topological polar surface area (TPSA) is 46.2 Å². The van der Waals surface area contributed by atoms with Gasteiger partial charge in [-0.1, -0.05) is 24.6 Å². The molecule has 0 aliphatic heterocycles. The molecule has 0 radical (unpaired) electrons. The first-order valence-electron chi connectivity index (χ1n) is 5.21. The quantitative estimate of drug-likeness (QED) is 0.854. The summed E-state index contributed by atoms with van der Waals surface area (Å²) in [6.45, 7) is 0. The number of benzene rings is 1. The molecule has 3 nitrogen and oxygen atoms in total. The molecule has 0 heterocycles. The summed E-state index contributed by atoms with van der Waals surface area (Å²) in [5, 5.41) is 0. The van der Waals surface area contributed by atoms with Gasteiger partial charge in [-0.3, -0.25) is 4.72 Å². The molecule has 1 saturated carbocycles. The molecule has 1 aliphatic carbocycles. The average Bonchev–Trinajstić information content (AvgIpc) is 2.13. The molecule has 2 rings (SSSR count). The van der Waals surface area contributed by atoms with E-state index < -0.39 is 10.0 Å². The molecule has 4 heteroatoms. The fourth-order valence-corrected chi connectivity index (χ4v) is 3.23. The number of anilines is 1. The Hall–Kier alpha value is -1.03. The van der Waals surface area contributed by atoms with Crippen LogP contribution in [0, 0.1) is 5.92 Å². The van der Waals surface area contributed by atoms with Crippen LogP contribution in [-0.4, -0.2) is 14.2 Å². The first kappa shape index (κ1) is 10.5. The Morgan fingerprint density at radius 2 is 1.87 bits per heavy atom. The van der Waals surface area contributed by atoms with E-state index >= 15 is 0 Å². The maximum absolute atomic E-state index is 11.7. The van der Waals surface area contributed by atoms with Gasteiger partial charge >= 0.3 is 0 Å². The highest BCUT2D eigenvalue weighted by atomic mass is 32.2. The molecule has 0 spiro atoms. The zero-order valence-corrected chi connectivity index (χ0v) is 9.33. The van der Waals surface area contributed by atoms with Crippen LogP contribution >= 0.6 is 0 Å². The molecule has 1 aliphatic rings. The minimum absolute atomic E-state index is 0.266. The summed E-state index contributed by atoms with van der Waals surface area (Å²) in [6, 6.07) is 9.03. The van der Waals surface area contributed by atoms with Gasteiger partial charge in [-0.25, -0.2) is 8.42 Å². The lowest BCUT2D eigenvalue weighted by molar-refractivity contribution is 0.347. The summed E-state index contributed by atoms with van der Waals surface area (Å²) in [5.41, 5.74) is 0.650. The molecule has 0 amide bonds. The van der Waals surface area contributed by atoms with Gasteiger partial charge in [-0.05, 0) is 30.9 Å². The Labute approximate surface area is 90.6 Å². The SMILES string of the molecule is O=S(=O)(CC1CCC1)Nc1ccccc1. The first-order chi connectivity index (χ1) is 7.16. The molecule has 82 valence electrons. The van der Waals surface area contributed by atoms with Gasteiger partial charge in [-0.2, -0.15) is 0 Å². The van der Waals surface area contributed by atoms with Gasteiger partial charge in [0, 0.05) is 5.69 Å². The first-order valence-corrected chi connectivity index (χ1v) is 6.86. The summed E-state index contributed by atoms with van der Waals surface area (Å²) in [4.78, 5) is 0. The molecular weight excluding hydrogens is 210 g/mol.